The number of nitrogens with zero attached hydrogens (tertiary/aromatic N) is 1. The van der Waals surface area contributed by atoms with Crippen LogP contribution in [0.4, 0.5) is 11.4 Å². The normalized spacial score (nSPS) is 18.7. The van der Waals surface area contributed by atoms with Crippen molar-refractivity contribution in [3.8, 4) is 11.3 Å². The number of benzene rings is 3. The number of hydrogen-bond acceptors (Lipinski definition) is 5. The molecule has 1 aliphatic heterocycles. The van der Waals surface area contributed by atoms with Crippen molar-refractivity contribution < 1.29 is 14.1 Å². The van der Waals surface area contributed by atoms with Gasteiger partial charge in [-0.25, -0.2) is 0 Å². The summed E-state index contributed by atoms with van der Waals surface area (Å²) in [4.78, 5) is 24.7. The summed E-state index contributed by atoms with van der Waals surface area (Å²) < 4.78 is 6.20. The van der Waals surface area contributed by atoms with Crippen molar-refractivity contribution in [3.05, 3.63) is 99.8 Å². The highest BCUT2D eigenvalue weighted by molar-refractivity contribution is 6.12. The van der Waals surface area contributed by atoms with Crippen LogP contribution in [0.25, 0.3) is 27.7 Å². The number of Topliss-reactive ketones (excluding diaryl/α,β-unsaturated/α-hetero) is 1. The number of furan rings is 1. The smallest absolute Gasteiger partial charge is 0.280 e. The second kappa shape index (κ2) is 7.67. The van der Waals surface area contributed by atoms with Gasteiger partial charge >= 0.3 is 0 Å². The first-order chi connectivity index (χ1) is 16.8. The monoisotopic (exact) mass is 464 g/mol. The first-order valence-electron chi connectivity index (χ1n) is 11.7. The molecule has 0 spiro atoms. The fraction of sp³-hybridized carbons (Fsp3) is 0.207. The number of rotatable bonds is 3. The first-order valence-corrected chi connectivity index (χ1v) is 11.7. The third-order valence-corrected chi connectivity index (χ3v) is 7.02. The molecule has 35 heavy (non-hydrogen) atoms. The second-order valence-electron chi connectivity index (χ2n) is 10.1. The maximum Gasteiger partial charge on any atom is 0.280 e. The standard InChI is InChI=1S/C29H24N2O4/c1-29(2)15-20-26-18-8-4-3-7-17(18)11-12-21(26)30-28(27(20)23(32)16-29)25-14-13-24(35-25)19-9-5-6-10-22(19)31(33)34/h3-14,28,30H,15-16H2,1-2H3. The quantitative estimate of drug-likeness (QED) is 0.254. The predicted molar refractivity (Wildman–Crippen MR) is 136 cm³/mol. The molecule has 0 radical (unpaired) electrons. The van der Waals surface area contributed by atoms with Gasteiger partial charge in [-0.15, -0.1) is 0 Å². The number of ketones is 1. The largest absolute Gasteiger partial charge is 0.458 e. The number of fused-ring (bicyclic) bond motifs is 4. The van der Waals surface area contributed by atoms with E-state index in [0.717, 1.165) is 39.6 Å². The first kappa shape index (κ1) is 21.4. The molecule has 6 nitrogen and oxygen atoms in total. The molecule has 174 valence electrons. The van der Waals surface area contributed by atoms with E-state index < -0.39 is 11.0 Å². The van der Waals surface area contributed by atoms with Crippen molar-refractivity contribution in [2.45, 2.75) is 32.7 Å². The minimum absolute atomic E-state index is 0.0165. The Morgan fingerprint density at radius 2 is 1.74 bits per heavy atom. The fourth-order valence-corrected chi connectivity index (χ4v) is 5.54. The molecule has 6 rings (SSSR count). The zero-order valence-electron chi connectivity index (χ0n) is 19.5. The number of para-hydroxylation sites is 1. The van der Waals surface area contributed by atoms with Gasteiger partial charge in [0.25, 0.3) is 5.69 Å². The number of hydrogen-bond donors (Lipinski definition) is 1. The number of carbonyl (C=O) groups excluding carboxylic acids is 1. The lowest BCUT2D eigenvalue weighted by molar-refractivity contribution is -0.384. The Balaban J connectivity index is 1.53. The SMILES string of the molecule is CC1(C)CC(=O)C2=C(C1)c1c(ccc3ccccc13)NC2c1ccc(-c2ccccc2[N+](=O)[O-])o1. The minimum atomic E-state index is -0.459. The molecule has 1 aromatic heterocycles. The van der Waals surface area contributed by atoms with Gasteiger partial charge in [-0.1, -0.05) is 56.3 Å². The maximum atomic E-state index is 13.6. The van der Waals surface area contributed by atoms with E-state index in [4.69, 9.17) is 4.42 Å². The number of nitrogens with one attached hydrogen (secondary N) is 1. The lowest BCUT2D eigenvalue weighted by Gasteiger charge is -2.39. The van der Waals surface area contributed by atoms with E-state index >= 15 is 0 Å². The number of nitro groups is 1. The third-order valence-electron chi connectivity index (χ3n) is 7.02. The van der Waals surface area contributed by atoms with Crippen molar-refractivity contribution in [2.24, 2.45) is 5.41 Å². The van der Waals surface area contributed by atoms with Crippen LogP contribution in [-0.2, 0) is 4.79 Å². The molecule has 3 aromatic carbocycles. The summed E-state index contributed by atoms with van der Waals surface area (Å²) in [6.07, 6.45) is 1.24. The third kappa shape index (κ3) is 3.44. The van der Waals surface area contributed by atoms with E-state index in [9.17, 15) is 14.9 Å². The average Bonchev–Trinajstić information content (AvgIpc) is 3.32. The molecule has 6 heteroatoms. The van der Waals surface area contributed by atoms with Crippen LogP contribution in [0.3, 0.4) is 0 Å². The number of carbonyl (C=O) groups is 1. The van der Waals surface area contributed by atoms with Crippen LogP contribution in [0.15, 0.2) is 82.8 Å². The van der Waals surface area contributed by atoms with E-state index in [2.05, 4.69) is 43.4 Å². The maximum absolute atomic E-state index is 13.6. The fourth-order valence-electron chi connectivity index (χ4n) is 5.54. The second-order valence-corrected chi connectivity index (χ2v) is 10.1. The highest BCUT2D eigenvalue weighted by atomic mass is 16.6. The van der Waals surface area contributed by atoms with Gasteiger partial charge < -0.3 is 9.73 Å². The Morgan fingerprint density at radius 1 is 0.971 bits per heavy atom. The summed E-state index contributed by atoms with van der Waals surface area (Å²) >= 11 is 0. The molecule has 4 aromatic rings. The van der Waals surface area contributed by atoms with Crippen molar-refractivity contribution in [2.75, 3.05) is 5.32 Å². The van der Waals surface area contributed by atoms with Crippen molar-refractivity contribution in [3.63, 3.8) is 0 Å². The van der Waals surface area contributed by atoms with Crippen LogP contribution in [0.2, 0.25) is 0 Å². The number of nitro benzene ring substituents is 1. The summed E-state index contributed by atoms with van der Waals surface area (Å²) in [7, 11) is 0. The summed E-state index contributed by atoms with van der Waals surface area (Å²) in [6, 6.07) is 22.0. The molecule has 1 N–H and O–H groups in total. The Morgan fingerprint density at radius 3 is 2.57 bits per heavy atom. The molecular weight excluding hydrogens is 440 g/mol. The predicted octanol–water partition coefficient (Wildman–Crippen LogP) is 7.32. The van der Waals surface area contributed by atoms with Gasteiger partial charge in [0.1, 0.15) is 17.6 Å². The van der Waals surface area contributed by atoms with Gasteiger partial charge in [0.05, 0.1) is 10.5 Å². The Bertz CT molecular complexity index is 1560. The molecule has 2 heterocycles. The Labute approximate surface area is 202 Å². The van der Waals surface area contributed by atoms with Crippen LogP contribution in [0, 0.1) is 15.5 Å². The molecule has 1 aliphatic carbocycles. The van der Waals surface area contributed by atoms with Crippen LogP contribution in [0.5, 0.6) is 0 Å². The lowest BCUT2D eigenvalue weighted by atomic mass is 9.68. The highest BCUT2D eigenvalue weighted by Gasteiger charge is 2.41. The van der Waals surface area contributed by atoms with Gasteiger partial charge in [-0.05, 0) is 52.4 Å². The summed E-state index contributed by atoms with van der Waals surface area (Å²) in [5, 5.41) is 17.3. The molecular formula is C29H24N2O4. The highest BCUT2D eigenvalue weighted by Crippen LogP contribution is 2.52. The molecule has 2 aliphatic rings. The van der Waals surface area contributed by atoms with Crippen LogP contribution < -0.4 is 5.32 Å². The molecule has 0 fully saturated rings. The molecule has 1 unspecified atom stereocenters. The lowest BCUT2D eigenvalue weighted by Crippen LogP contribution is -2.33. The number of anilines is 1. The topological polar surface area (TPSA) is 85.4 Å². The van der Waals surface area contributed by atoms with Gasteiger partial charge in [0.2, 0.25) is 0 Å². The van der Waals surface area contributed by atoms with Crippen LogP contribution >= 0.6 is 0 Å². The van der Waals surface area contributed by atoms with Crippen LogP contribution in [0.1, 0.15) is 44.1 Å². The van der Waals surface area contributed by atoms with Gasteiger partial charge in [-0.3, -0.25) is 14.9 Å². The molecule has 0 amide bonds. The number of allylic oxidation sites excluding steroid dienone is 1. The summed E-state index contributed by atoms with van der Waals surface area (Å²) in [6.45, 7) is 4.27. The minimum Gasteiger partial charge on any atom is -0.458 e. The zero-order valence-corrected chi connectivity index (χ0v) is 19.5. The Hall–Kier alpha value is -4.19. The van der Waals surface area contributed by atoms with E-state index in [0.29, 0.717) is 23.5 Å². The van der Waals surface area contributed by atoms with Crippen LogP contribution in [-0.4, -0.2) is 10.7 Å². The van der Waals surface area contributed by atoms with Crippen molar-refractivity contribution in [1.29, 1.82) is 0 Å². The molecule has 1 atom stereocenters. The van der Waals surface area contributed by atoms with Gasteiger partial charge in [0, 0.05) is 29.3 Å². The zero-order chi connectivity index (χ0) is 24.3. The summed E-state index contributed by atoms with van der Waals surface area (Å²) in [5.41, 5.74) is 4.09. The molecule has 0 bridgehead atoms. The Kier molecular flexibility index (Phi) is 4.68. The van der Waals surface area contributed by atoms with Gasteiger partial charge in [0.15, 0.2) is 5.78 Å². The van der Waals surface area contributed by atoms with Crippen molar-refractivity contribution >= 4 is 33.5 Å². The van der Waals surface area contributed by atoms with E-state index in [1.54, 1.807) is 24.3 Å². The molecule has 0 saturated carbocycles. The van der Waals surface area contributed by atoms with E-state index in [1.165, 1.54) is 6.07 Å². The summed E-state index contributed by atoms with van der Waals surface area (Å²) in [5.74, 6) is 1.08. The van der Waals surface area contributed by atoms with E-state index in [1.807, 2.05) is 18.2 Å². The van der Waals surface area contributed by atoms with Crippen molar-refractivity contribution in [1.82, 2.24) is 0 Å². The molecule has 0 saturated heterocycles. The van der Waals surface area contributed by atoms with Gasteiger partial charge in [-0.2, -0.15) is 0 Å². The van der Waals surface area contributed by atoms with E-state index in [-0.39, 0.29) is 16.9 Å². The average molecular weight is 465 g/mol.